The van der Waals surface area contributed by atoms with Gasteiger partial charge in [-0.2, -0.15) is 0 Å². The summed E-state index contributed by atoms with van der Waals surface area (Å²) < 4.78 is 11.8. The first-order chi connectivity index (χ1) is 15.7. The number of methoxy groups -OCH3 is 1. The fourth-order valence-electron chi connectivity index (χ4n) is 6.22. The highest BCUT2D eigenvalue weighted by molar-refractivity contribution is 6.04. The predicted molar refractivity (Wildman–Crippen MR) is 120 cm³/mol. The van der Waals surface area contributed by atoms with E-state index in [0.717, 1.165) is 0 Å². The summed E-state index contributed by atoms with van der Waals surface area (Å²) in [6, 6.07) is 5.40. The van der Waals surface area contributed by atoms with Crippen LogP contribution in [0, 0.1) is 17.8 Å². The lowest BCUT2D eigenvalue weighted by Crippen LogP contribution is -2.56. The molecule has 0 saturated carbocycles. The molecule has 1 spiro atoms. The van der Waals surface area contributed by atoms with E-state index in [-0.39, 0.29) is 24.3 Å². The number of carbonyl (C=O) groups is 3. The zero-order valence-corrected chi connectivity index (χ0v) is 19.8. The molecule has 3 aliphatic rings. The monoisotopic (exact) mass is 459 g/mol. The highest BCUT2D eigenvalue weighted by atomic mass is 16.5. The highest BCUT2D eigenvalue weighted by Crippen LogP contribution is 2.65. The molecule has 9 heteroatoms. The van der Waals surface area contributed by atoms with Crippen LogP contribution in [-0.4, -0.2) is 71.8 Å². The van der Waals surface area contributed by atoms with Gasteiger partial charge in [-0.15, -0.1) is 0 Å². The van der Waals surface area contributed by atoms with Gasteiger partial charge in [-0.05, 0) is 49.9 Å². The van der Waals surface area contributed by atoms with Gasteiger partial charge >= 0.3 is 0 Å². The Bertz CT molecular complexity index is 948. The van der Waals surface area contributed by atoms with Crippen LogP contribution in [0.5, 0.6) is 5.75 Å². The molecule has 180 valence electrons. The first-order valence-electron chi connectivity index (χ1n) is 11.5. The average Bonchev–Trinajstić information content (AvgIpc) is 3.32. The minimum absolute atomic E-state index is 0.0331. The van der Waals surface area contributed by atoms with E-state index in [9.17, 15) is 19.5 Å². The van der Waals surface area contributed by atoms with Crippen molar-refractivity contribution in [2.75, 3.05) is 26.1 Å². The number of aliphatic hydroxyl groups is 1. The van der Waals surface area contributed by atoms with Gasteiger partial charge in [0.05, 0.1) is 37.2 Å². The minimum atomic E-state index is -1.14. The van der Waals surface area contributed by atoms with E-state index in [0.29, 0.717) is 24.3 Å². The third-order valence-corrected chi connectivity index (χ3v) is 7.96. The Hall–Kier alpha value is -2.65. The van der Waals surface area contributed by atoms with Crippen LogP contribution >= 0.6 is 0 Å². The Morgan fingerprint density at radius 2 is 1.97 bits per heavy atom. The van der Waals surface area contributed by atoms with E-state index in [1.54, 1.807) is 38.4 Å². The predicted octanol–water partition coefficient (Wildman–Crippen LogP) is 1.16. The maximum Gasteiger partial charge on any atom is 0.250 e. The lowest BCUT2D eigenvalue weighted by molar-refractivity contribution is -0.149. The lowest BCUT2D eigenvalue weighted by Gasteiger charge is -2.36. The summed E-state index contributed by atoms with van der Waals surface area (Å²) in [6.45, 7) is 5.44. The summed E-state index contributed by atoms with van der Waals surface area (Å²) in [5, 5.41) is 15.6. The molecule has 3 fully saturated rings. The van der Waals surface area contributed by atoms with Crippen LogP contribution in [0.25, 0.3) is 0 Å². The van der Waals surface area contributed by atoms with Crippen molar-refractivity contribution in [3.8, 4) is 5.75 Å². The molecule has 3 amide bonds. The van der Waals surface area contributed by atoms with Crippen molar-refractivity contribution in [1.29, 1.82) is 0 Å². The second-order valence-corrected chi connectivity index (χ2v) is 9.53. The number of anilines is 1. The van der Waals surface area contributed by atoms with Crippen molar-refractivity contribution in [1.82, 2.24) is 10.2 Å². The molecule has 3 saturated heterocycles. The van der Waals surface area contributed by atoms with Gasteiger partial charge in [0.1, 0.15) is 17.4 Å². The molecular weight excluding hydrogens is 426 g/mol. The van der Waals surface area contributed by atoms with Gasteiger partial charge in [0.15, 0.2) is 0 Å². The van der Waals surface area contributed by atoms with Crippen molar-refractivity contribution in [2.45, 2.75) is 56.9 Å². The van der Waals surface area contributed by atoms with E-state index in [4.69, 9.17) is 9.47 Å². The quantitative estimate of drug-likeness (QED) is 0.563. The Labute approximate surface area is 193 Å². The molecule has 3 aliphatic heterocycles. The summed E-state index contributed by atoms with van der Waals surface area (Å²) >= 11 is 0. The number of benzene rings is 1. The normalized spacial score (nSPS) is 35.3. The van der Waals surface area contributed by atoms with Crippen LogP contribution in [0.15, 0.2) is 24.3 Å². The van der Waals surface area contributed by atoms with E-state index < -0.39 is 41.0 Å². The first-order valence-corrected chi connectivity index (χ1v) is 11.5. The summed E-state index contributed by atoms with van der Waals surface area (Å²) in [6.07, 6.45) is 0.946. The van der Waals surface area contributed by atoms with Gasteiger partial charge in [0, 0.05) is 12.7 Å². The standard InChI is InChI=1S/C24H33N3O6/c1-6-15(12-28)27-19(21(30)26-14-7-9-16(32-5)10-8-14)24-11-13(2)23(3,33-24)17(20(29)25-4)18(24)22(27)31/h7-10,13,15,17-19,28H,6,11-12H2,1-5H3,(H,25,29)(H,26,30)/t13?,15-,17-,18-,19?,23+,24?/m0/s1. The third-order valence-electron chi connectivity index (χ3n) is 7.96. The van der Waals surface area contributed by atoms with Crippen molar-refractivity contribution in [2.24, 2.45) is 17.8 Å². The Balaban J connectivity index is 1.78. The molecule has 0 aliphatic carbocycles. The molecule has 3 unspecified atom stereocenters. The molecule has 3 N–H and O–H groups in total. The molecule has 4 rings (SSSR count). The van der Waals surface area contributed by atoms with Crippen LogP contribution in [0.3, 0.4) is 0 Å². The van der Waals surface area contributed by atoms with E-state index in [1.165, 1.54) is 4.90 Å². The smallest absolute Gasteiger partial charge is 0.250 e. The van der Waals surface area contributed by atoms with Gasteiger partial charge in [-0.3, -0.25) is 14.4 Å². The van der Waals surface area contributed by atoms with Gasteiger partial charge in [-0.25, -0.2) is 0 Å². The average molecular weight is 460 g/mol. The zero-order valence-electron chi connectivity index (χ0n) is 19.8. The van der Waals surface area contributed by atoms with Crippen molar-refractivity contribution < 1.29 is 29.0 Å². The Morgan fingerprint density at radius 1 is 1.30 bits per heavy atom. The van der Waals surface area contributed by atoms with Gasteiger partial charge < -0.3 is 30.1 Å². The van der Waals surface area contributed by atoms with Crippen molar-refractivity contribution >= 4 is 23.4 Å². The van der Waals surface area contributed by atoms with E-state index in [1.807, 2.05) is 20.8 Å². The lowest BCUT2D eigenvalue weighted by atomic mass is 9.62. The van der Waals surface area contributed by atoms with Crippen molar-refractivity contribution in [3.63, 3.8) is 0 Å². The van der Waals surface area contributed by atoms with Crippen LogP contribution in [0.2, 0.25) is 0 Å². The second kappa shape index (κ2) is 8.29. The highest BCUT2D eigenvalue weighted by Gasteiger charge is 2.80. The molecule has 33 heavy (non-hydrogen) atoms. The van der Waals surface area contributed by atoms with Crippen LogP contribution in [-0.2, 0) is 19.1 Å². The van der Waals surface area contributed by atoms with Gasteiger partial charge in [-0.1, -0.05) is 13.8 Å². The number of likely N-dealkylation sites (tertiary alicyclic amines) is 1. The Kier molecular flexibility index (Phi) is 5.90. The number of ether oxygens (including phenoxy) is 2. The van der Waals surface area contributed by atoms with E-state index in [2.05, 4.69) is 10.6 Å². The van der Waals surface area contributed by atoms with Crippen LogP contribution < -0.4 is 15.4 Å². The SMILES string of the molecule is CC[C@@H](CO)N1C(=O)[C@@H]2[C@@H](C(=O)NC)[C@]3(C)OC2(CC3C)C1C(=O)Nc1ccc(OC)cc1. The summed E-state index contributed by atoms with van der Waals surface area (Å²) in [5.41, 5.74) is -1.44. The molecule has 0 aromatic heterocycles. The minimum Gasteiger partial charge on any atom is -0.497 e. The Morgan fingerprint density at radius 3 is 2.52 bits per heavy atom. The topological polar surface area (TPSA) is 117 Å². The molecule has 3 heterocycles. The number of fused-ring (bicyclic) bond motifs is 1. The number of hydrogen-bond donors (Lipinski definition) is 3. The number of nitrogens with one attached hydrogen (secondary N) is 2. The number of nitrogens with zero attached hydrogens (tertiary/aromatic N) is 1. The molecule has 9 nitrogen and oxygen atoms in total. The fraction of sp³-hybridized carbons (Fsp3) is 0.625. The summed E-state index contributed by atoms with van der Waals surface area (Å²) in [7, 11) is 3.11. The fourth-order valence-corrected chi connectivity index (χ4v) is 6.22. The molecule has 0 radical (unpaired) electrons. The first kappa shape index (κ1) is 23.5. The molecular formula is C24H33N3O6. The third kappa shape index (κ3) is 3.24. The van der Waals surface area contributed by atoms with Crippen LogP contribution in [0.4, 0.5) is 5.69 Å². The largest absolute Gasteiger partial charge is 0.497 e. The van der Waals surface area contributed by atoms with Crippen LogP contribution in [0.1, 0.15) is 33.6 Å². The van der Waals surface area contributed by atoms with Gasteiger partial charge in [0.2, 0.25) is 17.7 Å². The maximum atomic E-state index is 13.8. The maximum absolute atomic E-state index is 13.8. The number of amides is 3. The number of carbonyl (C=O) groups excluding carboxylic acids is 3. The summed E-state index contributed by atoms with van der Waals surface area (Å²) in [4.78, 5) is 42.0. The number of hydrogen-bond acceptors (Lipinski definition) is 6. The van der Waals surface area contributed by atoms with Gasteiger partial charge in [0.25, 0.3) is 0 Å². The molecule has 2 bridgehead atoms. The van der Waals surface area contributed by atoms with E-state index >= 15 is 0 Å². The second-order valence-electron chi connectivity index (χ2n) is 9.53. The molecule has 1 aromatic rings. The number of aliphatic hydroxyl groups excluding tert-OH is 1. The zero-order chi connectivity index (χ0) is 24.1. The molecule has 1 aromatic carbocycles. The van der Waals surface area contributed by atoms with Crippen molar-refractivity contribution in [3.05, 3.63) is 24.3 Å². The molecule has 7 atom stereocenters. The number of rotatable bonds is 7. The summed E-state index contributed by atoms with van der Waals surface area (Å²) in [5.74, 6) is -1.84.